The minimum Gasteiger partial charge on any atom is -0.493 e. The van der Waals surface area contributed by atoms with Crippen LogP contribution in [-0.4, -0.2) is 36.9 Å². The third-order valence-electron chi connectivity index (χ3n) is 2.58. The number of hydrogen-bond donors (Lipinski definition) is 1. The fraction of sp³-hybridized carbons (Fsp3) is 0.333. The van der Waals surface area contributed by atoms with Gasteiger partial charge in [0.15, 0.2) is 17.6 Å². The van der Waals surface area contributed by atoms with Gasteiger partial charge in [-0.05, 0) is 12.1 Å². The van der Waals surface area contributed by atoms with Crippen LogP contribution >= 0.6 is 0 Å². The summed E-state index contributed by atoms with van der Waals surface area (Å²) in [7, 11) is 1.40. The molecular weight excluding hydrogens is 240 g/mol. The van der Waals surface area contributed by atoms with Gasteiger partial charge in [-0.3, -0.25) is 0 Å². The summed E-state index contributed by atoms with van der Waals surface area (Å²) < 4.78 is 15.2. The maximum Gasteiger partial charge on any atom is 0.347 e. The molecule has 1 saturated heterocycles. The largest absolute Gasteiger partial charge is 0.493 e. The molecule has 0 aromatic heterocycles. The van der Waals surface area contributed by atoms with E-state index in [1.807, 2.05) is 0 Å². The zero-order chi connectivity index (χ0) is 13.1. The number of ether oxygens (including phenoxy) is 3. The highest BCUT2D eigenvalue weighted by molar-refractivity contribution is 5.92. The standard InChI is InChI=1S/C12H12O6/c1-16-8-4-2-3-7(11(13)14)10(8)18-9-5-6-17-12(9)15/h2-4,9H,5-6H2,1H3,(H,13,14). The van der Waals surface area contributed by atoms with E-state index in [2.05, 4.69) is 0 Å². The minimum absolute atomic E-state index is 0.0472. The van der Waals surface area contributed by atoms with Crippen LogP contribution < -0.4 is 9.47 Å². The second-order valence-corrected chi connectivity index (χ2v) is 3.70. The number of carboxylic acids is 1. The van der Waals surface area contributed by atoms with Crippen LogP contribution in [0.15, 0.2) is 18.2 Å². The molecule has 0 amide bonds. The van der Waals surface area contributed by atoms with E-state index in [-0.39, 0.29) is 23.7 Å². The van der Waals surface area contributed by atoms with Gasteiger partial charge >= 0.3 is 11.9 Å². The van der Waals surface area contributed by atoms with Gasteiger partial charge < -0.3 is 19.3 Å². The summed E-state index contributed by atoms with van der Waals surface area (Å²) >= 11 is 0. The molecule has 0 bridgehead atoms. The lowest BCUT2D eigenvalue weighted by Crippen LogP contribution is -2.23. The lowest BCUT2D eigenvalue weighted by Gasteiger charge is -2.15. The molecular formula is C12H12O6. The lowest BCUT2D eigenvalue weighted by molar-refractivity contribution is -0.143. The first kappa shape index (κ1) is 12.2. The van der Waals surface area contributed by atoms with Gasteiger partial charge in [0.1, 0.15) is 5.56 Å². The van der Waals surface area contributed by atoms with Gasteiger partial charge in [0.25, 0.3) is 0 Å². The van der Waals surface area contributed by atoms with Crippen molar-refractivity contribution in [3.8, 4) is 11.5 Å². The Labute approximate surface area is 103 Å². The summed E-state index contributed by atoms with van der Waals surface area (Å²) in [5.74, 6) is -1.31. The zero-order valence-electron chi connectivity index (χ0n) is 9.71. The van der Waals surface area contributed by atoms with Gasteiger partial charge in [0.2, 0.25) is 0 Å². The normalized spacial score (nSPS) is 18.3. The van der Waals surface area contributed by atoms with Crippen LogP contribution in [0.25, 0.3) is 0 Å². The van der Waals surface area contributed by atoms with Gasteiger partial charge in [0.05, 0.1) is 13.7 Å². The molecule has 1 aliphatic rings. The second-order valence-electron chi connectivity index (χ2n) is 3.70. The van der Waals surface area contributed by atoms with Crippen LogP contribution in [0.2, 0.25) is 0 Å². The summed E-state index contributed by atoms with van der Waals surface area (Å²) in [6.45, 7) is 0.279. The number of rotatable bonds is 4. The highest BCUT2D eigenvalue weighted by Gasteiger charge is 2.31. The average molecular weight is 252 g/mol. The Balaban J connectivity index is 2.34. The summed E-state index contributed by atoms with van der Waals surface area (Å²) in [6.07, 6.45) is -0.380. The summed E-state index contributed by atoms with van der Waals surface area (Å²) in [5, 5.41) is 9.07. The predicted molar refractivity (Wildman–Crippen MR) is 59.9 cm³/mol. The van der Waals surface area contributed by atoms with Crippen molar-refractivity contribution in [2.24, 2.45) is 0 Å². The molecule has 1 aliphatic heterocycles. The molecule has 1 aromatic carbocycles. The highest BCUT2D eigenvalue weighted by Crippen LogP contribution is 2.33. The molecule has 2 rings (SSSR count). The van der Waals surface area contributed by atoms with Crippen molar-refractivity contribution >= 4 is 11.9 Å². The predicted octanol–water partition coefficient (Wildman–Crippen LogP) is 1.09. The molecule has 0 saturated carbocycles. The number of carboxylic acid groups (broad SMARTS) is 1. The molecule has 1 aromatic rings. The highest BCUT2D eigenvalue weighted by atomic mass is 16.6. The maximum absolute atomic E-state index is 11.3. The molecule has 0 spiro atoms. The first-order chi connectivity index (χ1) is 8.63. The van der Waals surface area contributed by atoms with E-state index < -0.39 is 18.0 Å². The molecule has 0 aliphatic carbocycles. The van der Waals surface area contributed by atoms with E-state index in [9.17, 15) is 9.59 Å². The molecule has 6 nitrogen and oxygen atoms in total. The van der Waals surface area contributed by atoms with Crippen molar-refractivity contribution in [2.45, 2.75) is 12.5 Å². The SMILES string of the molecule is COc1cccc(C(=O)O)c1OC1CCOC1=O. The quantitative estimate of drug-likeness (QED) is 0.808. The summed E-state index contributed by atoms with van der Waals surface area (Å²) in [6, 6.07) is 4.50. The zero-order valence-corrected chi connectivity index (χ0v) is 9.71. The fourth-order valence-electron chi connectivity index (χ4n) is 1.69. The maximum atomic E-state index is 11.3. The van der Waals surface area contributed by atoms with Gasteiger partial charge in [-0.25, -0.2) is 9.59 Å². The molecule has 1 heterocycles. The van der Waals surface area contributed by atoms with Crippen LogP contribution in [-0.2, 0) is 9.53 Å². The Morgan fingerprint density at radius 2 is 2.28 bits per heavy atom. The van der Waals surface area contributed by atoms with Crippen LogP contribution in [0.5, 0.6) is 11.5 Å². The first-order valence-electron chi connectivity index (χ1n) is 5.37. The molecule has 1 N–H and O–H groups in total. The molecule has 1 atom stereocenters. The minimum atomic E-state index is -1.14. The molecule has 0 radical (unpaired) electrons. The summed E-state index contributed by atoms with van der Waals surface area (Å²) in [4.78, 5) is 22.4. The fourth-order valence-corrected chi connectivity index (χ4v) is 1.69. The number of hydrogen-bond acceptors (Lipinski definition) is 5. The molecule has 6 heteroatoms. The van der Waals surface area contributed by atoms with E-state index in [0.717, 1.165) is 0 Å². The van der Waals surface area contributed by atoms with Crippen LogP contribution in [0.3, 0.4) is 0 Å². The number of cyclic esters (lactones) is 1. The molecule has 18 heavy (non-hydrogen) atoms. The summed E-state index contributed by atoms with van der Waals surface area (Å²) in [5.41, 5.74) is -0.0472. The van der Waals surface area contributed by atoms with E-state index in [1.165, 1.54) is 13.2 Å². The van der Waals surface area contributed by atoms with Gasteiger partial charge in [0, 0.05) is 6.42 Å². The van der Waals surface area contributed by atoms with Crippen LogP contribution in [0.1, 0.15) is 16.8 Å². The van der Waals surface area contributed by atoms with E-state index in [1.54, 1.807) is 12.1 Å². The van der Waals surface area contributed by atoms with Crippen molar-refractivity contribution < 1.29 is 28.9 Å². The Kier molecular flexibility index (Phi) is 3.36. The first-order valence-corrected chi connectivity index (χ1v) is 5.37. The third-order valence-corrected chi connectivity index (χ3v) is 2.58. The second kappa shape index (κ2) is 4.95. The molecule has 1 unspecified atom stereocenters. The number of para-hydroxylation sites is 1. The van der Waals surface area contributed by atoms with Crippen molar-refractivity contribution in [2.75, 3.05) is 13.7 Å². The third kappa shape index (κ3) is 2.22. The van der Waals surface area contributed by atoms with Crippen molar-refractivity contribution in [3.63, 3.8) is 0 Å². The van der Waals surface area contributed by atoms with Crippen LogP contribution in [0, 0.1) is 0 Å². The van der Waals surface area contributed by atoms with Gasteiger partial charge in [-0.1, -0.05) is 6.07 Å². The smallest absolute Gasteiger partial charge is 0.347 e. The molecule has 1 fully saturated rings. The number of carbonyl (C=O) groups excluding carboxylic acids is 1. The van der Waals surface area contributed by atoms with E-state index >= 15 is 0 Å². The number of esters is 1. The Hall–Kier alpha value is -2.24. The van der Waals surface area contributed by atoms with E-state index in [0.29, 0.717) is 6.42 Å². The Morgan fingerprint density at radius 3 is 2.83 bits per heavy atom. The number of aromatic carboxylic acids is 1. The average Bonchev–Trinajstić information content (AvgIpc) is 2.75. The number of carbonyl (C=O) groups is 2. The monoisotopic (exact) mass is 252 g/mol. The van der Waals surface area contributed by atoms with E-state index in [4.69, 9.17) is 19.3 Å². The Bertz CT molecular complexity index is 481. The van der Waals surface area contributed by atoms with Crippen molar-refractivity contribution in [1.29, 1.82) is 0 Å². The number of methoxy groups -OCH3 is 1. The lowest BCUT2D eigenvalue weighted by atomic mass is 10.2. The van der Waals surface area contributed by atoms with Crippen LogP contribution in [0.4, 0.5) is 0 Å². The Morgan fingerprint density at radius 1 is 1.50 bits per heavy atom. The van der Waals surface area contributed by atoms with Gasteiger partial charge in [-0.2, -0.15) is 0 Å². The van der Waals surface area contributed by atoms with Crippen molar-refractivity contribution in [1.82, 2.24) is 0 Å². The van der Waals surface area contributed by atoms with Crippen molar-refractivity contribution in [3.05, 3.63) is 23.8 Å². The van der Waals surface area contributed by atoms with Gasteiger partial charge in [-0.15, -0.1) is 0 Å². The molecule has 96 valence electrons. The topological polar surface area (TPSA) is 82.1 Å². The number of benzene rings is 1.